The molecule has 34 heavy (non-hydrogen) atoms. The molecule has 0 bridgehead atoms. The summed E-state index contributed by atoms with van der Waals surface area (Å²) in [6.07, 6.45) is 2.65. The first-order valence-electron chi connectivity index (χ1n) is 11.9. The second-order valence-corrected chi connectivity index (χ2v) is 10.5. The molecule has 1 atom stereocenters. The van der Waals surface area contributed by atoms with Gasteiger partial charge in [0.25, 0.3) is 0 Å². The Morgan fingerprint density at radius 3 is 2.62 bits per heavy atom. The van der Waals surface area contributed by atoms with Gasteiger partial charge in [0, 0.05) is 45.0 Å². The molecule has 1 amide bonds. The molecule has 2 aliphatic rings. The van der Waals surface area contributed by atoms with Crippen LogP contribution in [0.2, 0.25) is 0 Å². The maximum Gasteiger partial charge on any atom is 0.250 e. The Kier molecular flexibility index (Phi) is 7.88. The molecule has 0 unspecified atom stereocenters. The van der Waals surface area contributed by atoms with E-state index in [1.807, 2.05) is 18.2 Å². The Morgan fingerprint density at radius 1 is 1.12 bits per heavy atom. The fraction of sp³-hybridized carbons (Fsp3) is 0.480. The molecule has 1 fully saturated rings. The summed E-state index contributed by atoms with van der Waals surface area (Å²) in [4.78, 5) is 16.7. The van der Waals surface area contributed by atoms with Gasteiger partial charge in [0.1, 0.15) is 11.5 Å². The molecule has 1 aliphatic heterocycles. The topological polar surface area (TPSA) is 91.0 Å². The summed E-state index contributed by atoms with van der Waals surface area (Å²) < 4.78 is 35.4. The Hall–Kier alpha value is -2.46. The van der Waals surface area contributed by atoms with Gasteiger partial charge in [-0.2, -0.15) is 0 Å². The number of anilines is 2. The molecule has 8 nitrogen and oxygen atoms in total. The molecule has 184 valence electrons. The van der Waals surface area contributed by atoms with E-state index in [-0.39, 0.29) is 23.5 Å². The predicted molar refractivity (Wildman–Crippen MR) is 134 cm³/mol. The first-order chi connectivity index (χ1) is 16.4. The molecule has 0 aromatic heterocycles. The Labute approximate surface area is 202 Å². The summed E-state index contributed by atoms with van der Waals surface area (Å²) in [7, 11) is -2.42. The number of benzene rings is 2. The van der Waals surface area contributed by atoms with Gasteiger partial charge in [-0.3, -0.25) is 4.79 Å². The number of nitrogens with one attached hydrogen (secondary N) is 2. The number of nitrogens with zero attached hydrogens (tertiary/aromatic N) is 2. The SMILES string of the molecule is CCN1CCN(c2ccc(NC(=O)COC)cc2S(=O)(=O)N[C@H]2CCCc3ccccc32)CC1. The molecule has 2 N–H and O–H groups in total. The highest BCUT2D eigenvalue weighted by molar-refractivity contribution is 7.89. The summed E-state index contributed by atoms with van der Waals surface area (Å²) in [6.45, 7) is 6.27. The van der Waals surface area contributed by atoms with Gasteiger partial charge in [-0.05, 0) is 55.1 Å². The van der Waals surface area contributed by atoms with Gasteiger partial charge in [0.15, 0.2) is 0 Å². The van der Waals surface area contributed by atoms with E-state index in [2.05, 4.69) is 32.8 Å². The van der Waals surface area contributed by atoms with Crippen LogP contribution in [-0.4, -0.2) is 65.7 Å². The van der Waals surface area contributed by atoms with Crippen molar-refractivity contribution in [1.82, 2.24) is 9.62 Å². The number of carbonyl (C=O) groups excluding carboxylic acids is 1. The number of aryl methyl sites for hydroxylation is 1. The maximum atomic E-state index is 13.8. The summed E-state index contributed by atoms with van der Waals surface area (Å²) >= 11 is 0. The van der Waals surface area contributed by atoms with Crippen LogP contribution in [0.4, 0.5) is 11.4 Å². The van der Waals surface area contributed by atoms with E-state index in [1.165, 1.54) is 12.7 Å². The molecule has 2 aromatic carbocycles. The van der Waals surface area contributed by atoms with Gasteiger partial charge in [-0.25, -0.2) is 13.1 Å². The third-order valence-electron chi connectivity index (χ3n) is 6.64. The van der Waals surface area contributed by atoms with Crippen molar-refractivity contribution in [3.8, 4) is 0 Å². The number of carbonyl (C=O) groups is 1. The van der Waals surface area contributed by atoms with Crippen molar-refractivity contribution in [2.75, 3.05) is 56.7 Å². The van der Waals surface area contributed by atoms with Crippen LogP contribution in [0.5, 0.6) is 0 Å². The minimum atomic E-state index is -3.86. The minimum absolute atomic E-state index is 0.0973. The van der Waals surface area contributed by atoms with E-state index < -0.39 is 10.0 Å². The lowest BCUT2D eigenvalue weighted by Crippen LogP contribution is -2.46. The molecule has 1 heterocycles. The number of piperazine rings is 1. The Bertz CT molecular complexity index is 1110. The van der Waals surface area contributed by atoms with Crippen LogP contribution in [0, 0.1) is 0 Å². The van der Waals surface area contributed by atoms with E-state index >= 15 is 0 Å². The van der Waals surface area contributed by atoms with Crippen LogP contribution in [0.3, 0.4) is 0 Å². The second kappa shape index (κ2) is 10.9. The van der Waals surface area contributed by atoms with E-state index in [1.54, 1.807) is 18.2 Å². The highest BCUT2D eigenvalue weighted by Crippen LogP contribution is 2.34. The van der Waals surface area contributed by atoms with E-state index in [0.717, 1.165) is 57.5 Å². The number of methoxy groups -OCH3 is 1. The average molecular weight is 487 g/mol. The highest BCUT2D eigenvalue weighted by Gasteiger charge is 2.30. The molecule has 2 aromatic rings. The molecular formula is C25H34N4O4S. The Balaban J connectivity index is 1.66. The van der Waals surface area contributed by atoms with Crippen LogP contribution in [-0.2, 0) is 26.0 Å². The van der Waals surface area contributed by atoms with Gasteiger partial charge in [-0.15, -0.1) is 0 Å². The number of hydrogen-bond acceptors (Lipinski definition) is 6. The lowest BCUT2D eigenvalue weighted by Gasteiger charge is -2.36. The summed E-state index contributed by atoms with van der Waals surface area (Å²) in [5, 5.41) is 2.74. The molecule has 1 aliphatic carbocycles. The zero-order chi connectivity index (χ0) is 24.1. The lowest BCUT2D eigenvalue weighted by atomic mass is 9.88. The van der Waals surface area contributed by atoms with Gasteiger partial charge in [-0.1, -0.05) is 31.2 Å². The molecular weight excluding hydrogens is 452 g/mol. The number of hydrogen-bond donors (Lipinski definition) is 2. The van der Waals surface area contributed by atoms with Crippen LogP contribution in [0.15, 0.2) is 47.4 Å². The number of ether oxygens (including phenoxy) is 1. The third kappa shape index (κ3) is 5.60. The highest BCUT2D eigenvalue weighted by atomic mass is 32.2. The van der Waals surface area contributed by atoms with Crippen molar-refractivity contribution < 1.29 is 17.9 Å². The first-order valence-corrected chi connectivity index (χ1v) is 13.4. The summed E-state index contributed by atoms with van der Waals surface area (Å²) in [6, 6.07) is 12.9. The van der Waals surface area contributed by atoms with Crippen LogP contribution in [0.1, 0.15) is 36.9 Å². The van der Waals surface area contributed by atoms with E-state index in [4.69, 9.17) is 4.74 Å². The van der Waals surface area contributed by atoms with Crippen molar-refractivity contribution in [1.29, 1.82) is 0 Å². The standard InChI is InChI=1S/C25H34N4O4S/c1-3-28-13-15-29(16-14-28)23-12-11-20(26-25(30)18-33-2)17-24(23)34(31,32)27-22-10-6-8-19-7-4-5-9-21(19)22/h4-5,7,9,11-12,17,22,27H,3,6,8,10,13-16,18H2,1-2H3,(H,26,30)/t22-/m0/s1. The van der Waals surface area contributed by atoms with Gasteiger partial charge >= 0.3 is 0 Å². The average Bonchev–Trinajstić information content (AvgIpc) is 2.84. The van der Waals surface area contributed by atoms with Crippen molar-refractivity contribution in [2.24, 2.45) is 0 Å². The van der Waals surface area contributed by atoms with Gasteiger partial charge in [0.2, 0.25) is 15.9 Å². The van der Waals surface area contributed by atoms with E-state index in [0.29, 0.717) is 11.4 Å². The minimum Gasteiger partial charge on any atom is -0.375 e. The van der Waals surface area contributed by atoms with Crippen LogP contribution < -0.4 is 14.9 Å². The zero-order valence-corrected chi connectivity index (χ0v) is 20.7. The quantitative estimate of drug-likeness (QED) is 0.596. The van der Waals surface area contributed by atoms with E-state index in [9.17, 15) is 13.2 Å². The second-order valence-electron chi connectivity index (χ2n) is 8.85. The lowest BCUT2D eigenvalue weighted by molar-refractivity contribution is -0.119. The largest absolute Gasteiger partial charge is 0.375 e. The maximum absolute atomic E-state index is 13.8. The van der Waals surface area contributed by atoms with Crippen molar-refractivity contribution in [2.45, 2.75) is 37.1 Å². The smallest absolute Gasteiger partial charge is 0.250 e. The number of likely N-dealkylation sites (N-methyl/N-ethyl adjacent to an activating group) is 1. The fourth-order valence-corrected chi connectivity index (χ4v) is 6.33. The molecule has 0 radical (unpaired) electrons. The molecule has 4 rings (SSSR count). The molecule has 9 heteroatoms. The Morgan fingerprint density at radius 2 is 1.88 bits per heavy atom. The summed E-state index contributed by atoms with van der Waals surface area (Å²) in [5.74, 6) is -0.329. The summed E-state index contributed by atoms with van der Waals surface area (Å²) in [5.41, 5.74) is 3.33. The molecule has 0 saturated carbocycles. The van der Waals surface area contributed by atoms with Crippen LogP contribution in [0.25, 0.3) is 0 Å². The normalized spacial score (nSPS) is 19.0. The van der Waals surface area contributed by atoms with Gasteiger partial charge in [0.05, 0.1) is 5.69 Å². The number of sulfonamides is 1. The first kappa shape index (κ1) is 24.7. The van der Waals surface area contributed by atoms with Crippen molar-refractivity contribution in [3.05, 3.63) is 53.6 Å². The van der Waals surface area contributed by atoms with Crippen molar-refractivity contribution >= 4 is 27.3 Å². The monoisotopic (exact) mass is 486 g/mol. The third-order valence-corrected chi connectivity index (χ3v) is 8.14. The van der Waals surface area contributed by atoms with Crippen LogP contribution >= 0.6 is 0 Å². The molecule has 1 saturated heterocycles. The fourth-order valence-electron chi connectivity index (χ4n) is 4.83. The number of fused-ring (bicyclic) bond motifs is 1. The predicted octanol–water partition coefficient (Wildman–Crippen LogP) is 2.77. The number of rotatable bonds is 8. The molecule has 0 spiro atoms. The van der Waals surface area contributed by atoms with Crippen molar-refractivity contribution in [3.63, 3.8) is 0 Å². The zero-order valence-electron chi connectivity index (χ0n) is 19.9. The number of amides is 1. The van der Waals surface area contributed by atoms with Gasteiger partial charge < -0.3 is 19.9 Å².